The monoisotopic (exact) mass is 419 g/mol. The van der Waals surface area contributed by atoms with E-state index in [4.69, 9.17) is 5.84 Å². The van der Waals surface area contributed by atoms with E-state index >= 15 is 0 Å². The number of hydrogen-bond acceptors (Lipinski definition) is 5. The first-order chi connectivity index (χ1) is 12.3. The number of carbonyl (C=O) groups is 2. The Bertz CT molecular complexity index is 782. The lowest BCUT2D eigenvalue weighted by atomic mass is 9.87. The molecule has 7 nitrogen and oxygen atoms in total. The molecule has 0 saturated heterocycles. The fourth-order valence-corrected chi connectivity index (χ4v) is 2.79. The van der Waals surface area contributed by atoms with Gasteiger partial charge in [0.05, 0.1) is 18.1 Å². The summed E-state index contributed by atoms with van der Waals surface area (Å²) in [7, 11) is 0. The molecule has 1 unspecified atom stereocenters. The van der Waals surface area contributed by atoms with Crippen LogP contribution in [0.3, 0.4) is 0 Å². The van der Waals surface area contributed by atoms with Crippen molar-refractivity contribution < 1.29 is 9.59 Å². The Kier molecular flexibility index (Phi) is 6.82. The molecule has 1 aromatic heterocycles. The van der Waals surface area contributed by atoms with Crippen molar-refractivity contribution in [2.45, 2.75) is 26.7 Å². The molecule has 2 rings (SSSR count). The lowest BCUT2D eigenvalue weighted by Gasteiger charge is -2.23. The first-order valence-electron chi connectivity index (χ1n) is 8.20. The van der Waals surface area contributed by atoms with Crippen molar-refractivity contribution in [1.29, 1.82) is 0 Å². The molecule has 0 aliphatic rings. The number of nitrogens with one attached hydrogen (secondary N) is 1. The minimum absolute atomic E-state index is 0.162. The number of hydrogen-bond donors (Lipinski definition) is 2. The van der Waals surface area contributed by atoms with Gasteiger partial charge in [-0.15, -0.1) is 0 Å². The molecule has 8 heteroatoms. The van der Waals surface area contributed by atoms with Crippen LogP contribution in [0.25, 0.3) is 0 Å². The highest BCUT2D eigenvalue weighted by atomic mass is 79.9. The predicted molar refractivity (Wildman–Crippen MR) is 103 cm³/mol. The van der Waals surface area contributed by atoms with Gasteiger partial charge in [0.15, 0.2) is 0 Å². The first-order valence-corrected chi connectivity index (χ1v) is 8.99. The number of rotatable bonds is 6. The zero-order valence-electron chi connectivity index (χ0n) is 14.9. The lowest BCUT2D eigenvalue weighted by Crippen LogP contribution is -2.43. The number of aromatic nitrogens is 2. The Hall–Kier alpha value is -2.32. The molecular weight excluding hydrogens is 398 g/mol. The van der Waals surface area contributed by atoms with Gasteiger partial charge in [-0.3, -0.25) is 14.6 Å². The highest BCUT2D eigenvalue weighted by Crippen LogP contribution is 2.29. The van der Waals surface area contributed by atoms with Crippen LogP contribution in [0.2, 0.25) is 0 Å². The van der Waals surface area contributed by atoms with Gasteiger partial charge in [-0.2, -0.15) is 0 Å². The van der Waals surface area contributed by atoms with E-state index in [1.807, 2.05) is 6.07 Å². The van der Waals surface area contributed by atoms with Crippen LogP contribution < -0.4 is 11.2 Å². The van der Waals surface area contributed by atoms with E-state index in [1.165, 1.54) is 18.7 Å². The Morgan fingerprint density at radius 3 is 2.50 bits per heavy atom. The molecule has 2 amide bonds. The van der Waals surface area contributed by atoms with Gasteiger partial charge in [-0.25, -0.2) is 15.8 Å². The Morgan fingerprint density at radius 1 is 1.23 bits per heavy atom. The molecule has 0 bridgehead atoms. The summed E-state index contributed by atoms with van der Waals surface area (Å²) in [5, 5.41) is 3.51. The van der Waals surface area contributed by atoms with E-state index in [0.29, 0.717) is 17.2 Å². The van der Waals surface area contributed by atoms with Gasteiger partial charge in [0.25, 0.3) is 5.91 Å². The standard InChI is InChI=1S/C18H22BrN5O2/c1-11(2)12(3)16-6-13(19)4-5-15(16)18(26)24(20)9-17(25)23-14-7-21-10-22-8-14/h4-8,10-12H,9,20H2,1-3H3,(H,23,25). The maximum Gasteiger partial charge on any atom is 0.268 e. The molecule has 1 heterocycles. The number of hydrazine groups is 1. The Balaban J connectivity index is 2.14. The van der Waals surface area contributed by atoms with Crippen LogP contribution in [0.15, 0.2) is 41.4 Å². The Labute approximate surface area is 161 Å². The molecular formula is C18H22BrN5O2. The summed E-state index contributed by atoms with van der Waals surface area (Å²) in [6, 6.07) is 5.44. The second-order valence-corrected chi connectivity index (χ2v) is 7.29. The maximum atomic E-state index is 12.8. The predicted octanol–water partition coefficient (Wildman–Crippen LogP) is 2.95. The fraction of sp³-hybridized carbons (Fsp3) is 0.333. The first kappa shape index (κ1) is 20.0. The summed E-state index contributed by atoms with van der Waals surface area (Å²) < 4.78 is 0.891. The van der Waals surface area contributed by atoms with E-state index in [1.54, 1.807) is 12.1 Å². The van der Waals surface area contributed by atoms with Crippen molar-refractivity contribution in [2.24, 2.45) is 11.8 Å². The van der Waals surface area contributed by atoms with Crippen molar-refractivity contribution in [2.75, 3.05) is 11.9 Å². The SMILES string of the molecule is CC(C)C(C)c1cc(Br)ccc1C(=O)N(N)CC(=O)Nc1cncnc1. The lowest BCUT2D eigenvalue weighted by molar-refractivity contribution is -0.116. The molecule has 3 N–H and O–H groups in total. The smallest absolute Gasteiger partial charge is 0.268 e. The second-order valence-electron chi connectivity index (χ2n) is 6.37. The number of nitrogens with zero attached hydrogens (tertiary/aromatic N) is 3. The zero-order chi connectivity index (χ0) is 19.3. The number of benzene rings is 1. The minimum atomic E-state index is -0.425. The average molecular weight is 420 g/mol. The summed E-state index contributed by atoms with van der Waals surface area (Å²) in [5.74, 6) is 5.55. The van der Waals surface area contributed by atoms with E-state index in [9.17, 15) is 9.59 Å². The van der Waals surface area contributed by atoms with Crippen LogP contribution in [0.5, 0.6) is 0 Å². The van der Waals surface area contributed by atoms with Crippen LogP contribution in [-0.4, -0.2) is 33.3 Å². The van der Waals surface area contributed by atoms with Gasteiger partial charge in [0.1, 0.15) is 12.9 Å². The van der Waals surface area contributed by atoms with Gasteiger partial charge < -0.3 is 5.32 Å². The zero-order valence-corrected chi connectivity index (χ0v) is 16.5. The van der Waals surface area contributed by atoms with Crippen LogP contribution >= 0.6 is 15.9 Å². The van der Waals surface area contributed by atoms with Crippen LogP contribution in [0.1, 0.15) is 42.6 Å². The largest absolute Gasteiger partial charge is 0.322 e. The summed E-state index contributed by atoms with van der Waals surface area (Å²) >= 11 is 3.45. The second kappa shape index (κ2) is 8.86. The van der Waals surface area contributed by atoms with Gasteiger partial charge in [0.2, 0.25) is 5.91 Å². The number of carbonyl (C=O) groups excluding carboxylic acids is 2. The highest BCUT2D eigenvalue weighted by molar-refractivity contribution is 9.10. The average Bonchev–Trinajstić information content (AvgIpc) is 2.61. The van der Waals surface area contributed by atoms with Gasteiger partial charge in [-0.05, 0) is 35.6 Å². The van der Waals surface area contributed by atoms with Crippen LogP contribution in [0, 0.1) is 5.92 Å². The third-order valence-corrected chi connectivity index (χ3v) is 4.65. The fourth-order valence-electron chi connectivity index (χ4n) is 2.41. The van der Waals surface area contributed by atoms with E-state index in [2.05, 4.69) is 52.0 Å². The molecule has 26 heavy (non-hydrogen) atoms. The van der Waals surface area contributed by atoms with Crippen LogP contribution in [0.4, 0.5) is 5.69 Å². The molecule has 0 fully saturated rings. The van der Waals surface area contributed by atoms with Crippen molar-refractivity contribution in [3.8, 4) is 0 Å². The molecule has 1 atom stereocenters. The quantitative estimate of drug-likeness (QED) is 0.425. The summed E-state index contributed by atoms with van der Waals surface area (Å²) in [6.45, 7) is 5.97. The highest BCUT2D eigenvalue weighted by Gasteiger charge is 2.23. The van der Waals surface area contributed by atoms with Gasteiger partial charge in [-0.1, -0.05) is 36.7 Å². The molecule has 138 valence electrons. The molecule has 0 saturated carbocycles. The Morgan fingerprint density at radius 2 is 1.88 bits per heavy atom. The van der Waals surface area contributed by atoms with Crippen molar-refractivity contribution in [3.63, 3.8) is 0 Å². The van der Waals surface area contributed by atoms with Gasteiger partial charge in [0, 0.05) is 10.0 Å². The normalized spacial score (nSPS) is 11.9. The number of anilines is 1. The number of amides is 2. The molecule has 0 aliphatic heterocycles. The maximum absolute atomic E-state index is 12.8. The van der Waals surface area contributed by atoms with Crippen molar-refractivity contribution >= 4 is 33.4 Å². The van der Waals surface area contributed by atoms with Crippen LogP contribution in [-0.2, 0) is 4.79 Å². The third-order valence-electron chi connectivity index (χ3n) is 4.15. The number of halogens is 1. The molecule has 1 aromatic carbocycles. The minimum Gasteiger partial charge on any atom is -0.322 e. The molecule has 0 spiro atoms. The topological polar surface area (TPSA) is 101 Å². The third kappa shape index (κ3) is 5.09. The molecule has 0 radical (unpaired) electrons. The molecule has 0 aliphatic carbocycles. The molecule has 2 aromatic rings. The summed E-state index contributed by atoms with van der Waals surface area (Å²) in [6.07, 6.45) is 4.29. The van der Waals surface area contributed by atoms with Gasteiger partial charge >= 0.3 is 0 Å². The van der Waals surface area contributed by atoms with E-state index < -0.39 is 11.8 Å². The van der Waals surface area contributed by atoms with E-state index in [0.717, 1.165) is 15.0 Å². The van der Waals surface area contributed by atoms with E-state index in [-0.39, 0.29) is 12.5 Å². The summed E-state index contributed by atoms with van der Waals surface area (Å²) in [4.78, 5) is 32.5. The summed E-state index contributed by atoms with van der Waals surface area (Å²) in [5.41, 5.74) is 1.83. The number of nitrogens with two attached hydrogens (primary N) is 1. The van der Waals surface area contributed by atoms with Crippen molar-refractivity contribution in [1.82, 2.24) is 15.0 Å². The van der Waals surface area contributed by atoms with Crippen molar-refractivity contribution in [3.05, 3.63) is 52.5 Å².